The van der Waals surface area contributed by atoms with Crippen molar-refractivity contribution in [3.05, 3.63) is 22.4 Å². The van der Waals surface area contributed by atoms with E-state index in [9.17, 15) is 0 Å². The maximum absolute atomic E-state index is 3.85. The Kier molecular flexibility index (Phi) is 4.74. The Morgan fingerprint density at radius 3 is 2.88 bits per heavy atom. The Bertz CT molecular complexity index is 289. The van der Waals surface area contributed by atoms with E-state index >= 15 is 0 Å². The van der Waals surface area contributed by atoms with Crippen molar-refractivity contribution in [2.24, 2.45) is 5.92 Å². The van der Waals surface area contributed by atoms with Crippen LogP contribution in [-0.4, -0.2) is 17.5 Å². The molecule has 0 bridgehead atoms. The Hall–Kier alpha value is 0.01000. The molecular weight excluding hydrogens is 234 g/mol. The van der Waals surface area contributed by atoms with Gasteiger partial charge in [0.05, 0.1) is 0 Å². The molecule has 1 aliphatic rings. The van der Waals surface area contributed by atoms with E-state index in [1.165, 1.54) is 29.2 Å². The molecule has 90 valence electrons. The number of hydrogen-bond acceptors (Lipinski definition) is 3. The third kappa shape index (κ3) is 3.25. The molecule has 1 saturated heterocycles. The van der Waals surface area contributed by atoms with Crippen molar-refractivity contribution < 1.29 is 0 Å². The van der Waals surface area contributed by atoms with Crippen molar-refractivity contribution in [1.82, 2.24) is 5.32 Å². The van der Waals surface area contributed by atoms with Crippen molar-refractivity contribution in [3.63, 3.8) is 0 Å². The number of thiophene rings is 1. The second-order valence-electron chi connectivity index (χ2n) is 4.82. The fourth-order valence-electron chi connectivity index (χ4n) is 2.20. The quantitative estimate of drug-likeness (QED) is 0.875. The Balaban J connectivity index is 1.97. The van der Waals surface area contributed by atoms with Gasteiger partial charge in [0.15, 0.2) is 0 Å². The Morgan fingerprint density at radius 1 is 1.44 bits per heavy atom. The largest absolute Gasteiger partial charge is 0.305 e. The molecule has 16 heavy (non-hydrogen) atoms. The van der Waals surface area contributed by atoms with Crippen LogP contribution in [0.2, 0.25) is 0 Å². The predicted octanol–water partition coefficient (Wildman–Crippen LogP) is 3.93. The van der Waals surface area contributed by atoms with E-state index in [1.807, 2.05) is 11.3 Å². The SMILES string of the molecule is CC(C)C(NC1CCCSC1)c1cccs1. The molecule has 1 aliphatic heterocycles. The summed E-state index contributed by atoms with van der Waals surface area (Å²) in [5.41, 5.74) is 0. The summed E-state index contributed by atoms with van der Waals surface area (Å²) in [6, 6.07) is 5.68. The van der Waals surface area contributed by atoms with Gasteiger partial charge in [-0.3, -0.25) is 0 Å². The standard InChI is InChI=1S/C13H21NS2/c1-10(2)13(12-6-4-8-16-12)14-11-5-3-7-15-9-11/h4,6,8,10-11,13-14H,3,5,7,9H2,1-2H3. The molecule has 0 radical (unpaired) electrons. The average Bonchev–Trinajstić information content (AvgIpc) is 2.80. The normalized spacial score (nSPS) is 23.6. The fraction of sp³-hybridized carbons (Fsp3) is 0.692. The van der Waals surface area contributed by atoms with Crippen LogP contribution < -0.4 is 5.32 Å². The van der Waals surface area contributed by atoms with Crippen molar-refractivity contribution >= 4 is 23.1 Å². The van der Waals surface area contributed by atoms with Crippen molar-refractivity contribution in [2.45, 2.75) is 38.8 Å². The topological polar surface area (TPSA) is 12.0 Å². The lowest BCUT2D eigenvalue weighted by Crippen LogP contribution is -2.38. The smallest absolute Gasteiger partial charge is 0.0440 e. The molecule has 1 N–H and O–H groups in total. The van der Waals surface area contributed by atoms with Gasteiger partial charge in [0.25, 0.3) is 0 Å². The van der Waals surface area contributed by atoms with Crippen LogP contribution in [0.5, 0.6) is 0 Å². The van der Waals surface area contributed by atoms with E-state index in [1.54, 1.807) is 0 Å². The van der Waals surface area contributed by atoms with Gasteiger partial charge in [-0.25, -0.2) is 0 Å². The molecule has 0 aromatic carbocycles. The van der Waals surface area contributed by atoms with Gasteiger partial charge in [-0.15, -0.1) is 11.3 Å². The van der Waals surface area contributed by atoms with Crippen LogP contribution in [0.4, 0.5) is 0 Å². The highest BCUT2D eigenvalue weighted by Crippen LogP contribution is 2.28. The molecule has 2 atom stereocenters. The molecule has 1 nitrogen and oxygen atoms in total. The number of rotatable bonds is 4. The molecule has 2 unspecified atom stereocenters. The summed E-state index contributed by atoms with van der Waals surface area (Å²) < 4.78 is 0. The molecule has 2 rings (SSSR count). The van der Waals surface area contributed by atoms with Gasteiger partial charge in [0.1, 0.15) is 0 Å². The first kappa shape index (κ1) is 12.5. The molecule has 1 aromatic rings. The van der Waals surface area contributed by atoms with Gasteiger partial charge in [-0.2, -0.15) is 11.8 Å². The van der Waals surface area contributed by atoms with Crippen LogP contribution in [0.3, 0.4) is 0 Å². The fourth-order valence-corrected chi connectivity index (χ4v) is 4.24. The third-order valence-corrected chi connectivity index (χ3v) is 5.26. The average molecular weight is 255 g/mol. The molecular formula is C13H21NS2. The second kappa shape index (κ2) is 6.08. The Labute approximate surface area is 107 Å². The van der Waals surface area contributed by atoms with Gasteiger partial charge < -0.3 is 5.32 Å². The minimum atomic E-state index is 0.545. The van der Waals surface area contributed by atoms with Gasteiger partial charge in [0.2, 0.25) is 0 Å². The van der Waals surface area contributed by atoms with E-state index < -0.39 is 0 Å². The zero-order chi connectivity index (χ0) is 11.4. The highest BCUT2D eigenvalue weighted by Gasteiger charge is 2.22. The minimum absolute atomic E-state index is 0.545. The lowest BCUT2D eigenvalue weighted by molar-refractivity contribution is 0.363. The van der Waals surface area contributed by atoms with E-state index in [2.05, 4.69) is 48.4 Å². The number of thioether (sulfide) groups is 1. The van der Waals surface area contributed by atoms with Gasteiger partial charge >= 0.3 is 0 Å². The second-order valence-corrected chi connectivity index (χ2v) is 6.95. The minimum Gasteiger partial charge on any atom is -0.305 e. The van der Waals surface area contributed by atoms with Crippen LogP contribution in [0.15, 0.2) is 17.5 Å². The Morgan fingerprint density at radius 2 is 2.31 bits per heavy atom. The third-order valence-electron chi connectivity index (χ3n) is 3.09. The molecule has 2 heterocycles. The molecule has 1 fully saturated rings. The van der Waals surface area contributed by atoms with Gasteiger partial charge in [-0.1, -0.05) is 19.9 Å². The van der Waals surface area contributed by atoms with Gasteiger partial charge in [-0.05, 0) is 36.0 Å². The first-order chi connectivity index (χ1) is 7.77. The lowest BCUT2D eigenvalue weighted by Gasteiger charge is -2.30. The summed E-state index contributed by atoms with van der Waals surface area (Å²) in [6.07, 6.45) is 2.72. The van der Waals surface area contributed by atoms with Crippen LogP contribution in [-0.2, 0) is 0 Å². The zero-order valence-corrected chi connectivity index (χ0v) is 11.7. The van der Waals surface area contributed by atoms with E-state index in [0.29, 0.717) is 18.0 Å². The van der Waals surface area contributed by atoms with Crippen LogP contribution >= 0.6 is 23.1 Å². The molecule has 0 aliphatic carbocycles. The van der Waals surface area contributed by atoms with E-state index in [0.717, 1.165) is 0 Å². The molecule has 0 saturated carbocycles. The molecule has 0 amide bonds. The predicted molar refractivity (Wildman–Crippen MR) is 75.4 cm³/mol. The van der Waals surface area contributed by atoms with E-state index in [4.69, 9.17) is 0 Å². The first-order valence-electron chi connectivity index (χ1n) is 6.14. The summed E-state index contributed by atoms with van der Waals surface area (Å²) in [6.45, 7) is 4.63. The molecule has 0 spiro atoms. The maximum Gasteiger partial charge on any atom is 0.0440 e. The van der Waals surface area contributed by atoms with E-state index in [-0.39, 0.29) is 0 Å². The summed E-state index contributed by atoms with van der Waals surface area (Å²) >= 11 is 3.97. The zero-order valence-electron chi connectivity index (χ0n) is 10.1. The molecule has 1 aromatic heterocycles. The summed E-state index contributed by atoms with van der Waals surface area (Å²) in [7, 11) is 0. The summed E-state index contributed by atoms with van der Waals surface area (Å²) in [5.74, 6) is 3.31. The highest BCUT2D eigenvalue weighted by atomic mass is 32.2. The highest BCUT2D eigenvalue weighted by molar-refractivity contribution is 7.99. The van der Waals surface area contributed by atoms with Gasteiger partial charge in [0, 0.05) is 22.7 Å². The van der Waals surface area contributed by atoms with Crippen molar-refractivity contribution in [1.29, 1.82) is 0 Å². The number of nitrogens with one attached hydrogen (secondary N) is 1. The summed E-state index contributed by atoms with van der Waals surface area (Å²) in [4.78, 5) is 1.49. The monoisotopic (exact) mass is 255 g/mol. The van der Waals surface area contributed by atoms with Crippen LogP contribution in [0.25, 0.3) is 0 Å². The van der Waals surface area contributed by atoms with Crippen molar-refractivity contribution in [2.75, 3.05) is 11.5 Å². The molecule has 3 heteroatoms. The van der Waals surface area contributed by atoms with Crippen LogP contribution in [0, 0.1) is 5.92 Å². The number of hydrogen-bond donors (Lipinski definition) is 1. The summed E-state index contributed by atoms with van der Waals surface area (Å²) in [5, 5.41) is 6.03. The first-order valence-corrected chi connectivity index (χ1v) is 8.18. The van der Waals surface area contributed by atoms with Crippen LogP contribution in [0.1, 0.15) is 37.6 Å². The lowest BCUT2D eigenvalue weighted by atomic mass is 10.0. The van der Waals surface area contributed by atoms with Crippen molar-refractivity contribution in [3.8, 4) is 0 Å². The maximum atomic E-state index is 3.85.